The van der Waals surface area contributed by atoms with E-state index in [1.165, 1.54) is 12.1 Å². The van der Waals surface area contributed by atoms with Crippen LogP contribution in [0.2, 0.25) is 0 Å². The number of halogens is 1. The first-order valence-electron chi connectivity index (χ1n) is 10.2. The molecule has 0 saturated heterocycles. The number of hydrogen-bond donors (Lipinski definition) is 3. The Labute approximate surface area is 188 Å². The Balaban J connectivity index is 0.000000821. The number of nitrogens with one attached hydrogen (secondary N) is 2. The fraction of sp³-hybridized carbons (Fsp3) is 0.125. The highest BCUT2D eigenvalue weighted by molar-refractivity contribution is 5.91. The van der Waals surface area contributed by atoms with Gasteiger partial charge in [-0.15, -0.1) is 0 Å². The zero-order chi connectivity index (χ0) is 23.4. The number of H-pyrrole nitrogens is 1. The largest absolute Gasteiger partial charge is 0.483 e. The number of ether oxygens (including phenoxy) is 1. The van der Waals surface area contributed by atoms with Crippen molar-refractivity contribution in [3.63, 3.8) is 0 Å². The SMILES string of the molecule is CCc1ccc2[nH]cc(Nc3nc4ccc(Oc5ccc(F)cc5)cc4n3C)c2n1.O=CO. The molecule has 5 rings (SSSR count). The summed E-state index contributed by atoms with van der Waals surface area (Å²) in [5.74, 6) is 1.64. The number of carbonyl (C=O) groups is 1. The van der Waals surface area contributed by atoms with Gasteiger partial charge in [0, 0.05) is 25.0 Å². The molecule has 0 aliphatic rings. The highest BCUT2D eigenvalue weighted by Gasteiger charge is 2.13. The Kier molecular flexibility index (Phi) is 6.21. The maximum Gasteiger partial charge on any atom is 0.290 e. The summed E-state index contributed by atoms with van der Waals surface area (Å²) in [6.45, 7) is 1.84. The summed E-state index contributed by atoms with van der Waals surface area (Å²) in [4.78, 5) is 21.0. The summed E-state index contributed by atoms with van der Waals surface area (Å²) in [5, 5.41) is 10.3. The van der Waals surface area contributed by atoms with Crippen LogP contribution < -0.4 is 10.1 Å². The normalized spacial score (nSPS) is 10.6. The minimum atomic E-state index is -0.294. The van der Waals surface area contributed by atoms with Gasteiger partial charge in [0.05, 0.1) is 22.2 Å². The van der Waals surface area contributed by atoms with Crippen molar-refractivity contribution in [2.75, 3.05) is 5.32 Å². The van der Waals surface area contributed by atoms with Gasteiger partial charge < -0.3 is 24.7 Å². The molecule has 3 aromatic heterocycles. The van der Waals surface area contributed by atoms with Gasteiger partial charge in [0.25, 0.3) is 6.47 Å². The fourth-order valence-corrected chi connectivity index (χ4v) is 3.44. The Morgan fingerprint density at radius 1 is 1.12 bits per heavy atom. The molecule has 0 atom stereocenters. The zero-order valence-electron chi connectivity index (χ0n) is 18.0. The van der Waals surface area contributed by atoms with Gasteiger partial charge in [-0.3, -0.25) is 4.79 Å². The summed E-state index contributed by atoms with van der Waals surface area (Å²) >= 11 is 0. The maximum atomic E-state index is 13.1. The van der Waals surface area contributed by atoms with Gasteiger partial charge in [0.1, 0.15) is 22.8 Å². The molecule has 0 unspecified atom stereocenters. The zero-order valence-corrected chi connectivity index (χ0v) is 18.0. The van der Waals surface area contributed by atoms with Gasteiger partial charge in [0.2, 0.25) is 5.95 Å². The average Bonchev–Trinajstić information content (AvgIpc) is 3.36. The van der Waals surface area contributed by atoms with Crippen LogP contribution in [0.1, 0.15) is 12.6 Å². The monoisotopic (exact) mass is 447 g/mol. The van der Waals surface area contributed by atoms with Crippen LogP contribution in [0.4, 0.5) is 16.0 Å². The van der Waals surface area contributed by atoms with Crippen LogP contribution in [0.3, 0.4) is 0 Å². The molecule has 0 saturated carbocycles. The third-order valence-corrected chi connectivity index (χ3v) is 5.09. The lowest BCUT2D eigenvalue weighted by molar-refractivity contribution is -0.122. The van der Waals surface area contributed by atoms with Crippen molar-refractivity contribution in [3.05, 3.63) is 72.3 Å². The van der Waals surface area contributed by atoms with Crippen molar-refractivity contribution in [2.45, 2.75) is 13.3 Å². The van der Waals surface area contributed by atoms with E-state index in [0.29, 0.717) is 17.4 Å². The molecule has 168 valence electrons. The van der Waals surface area contributed by atoms with Crippen molar-refractivity contribution in [3.8, 4) is 11.5 Å². The molecule has 0 bridgehead atoms. The van der Waals surface area contributed by atoms with Crippen LogP contribution in [0.15, 0.2) is 60.8 Å². The summed E-state index contributed by atoms with van der Waals surface area (Å²) in [7, 11) is 1.94. The van der Waals surface area contributed by atoms with Gasteiger partial charge in [-0.25, -0.2) is 14.4 Å². The molecule has 3 N–H and O–H groups in total. The minimum absolute atomic E-state index is 0.250. The Morgan fingerprint density at radius 2 is 1.85 bits per heavy atom. The smallest absolute Gasteiger partial charge is 0.290 e. The average molecular weight is 447 g/mol. The van der Waals surface area contributed by atoms with Crippen LogP contribution in [-0.2, 0) is 18.3 Å². The van der Waals surface area contributed by atoms with Crippen LogP contribution in [-0.4, -0.2) is 31.1 Å². The Bertz CT molecular complexity index is 1410. The van der Waals surface area contributed by atoms with Gasteiger partial charge in [0.15, 0.2) is 0 Å². The summed E-state index contributed by atoms with van der Waals surface area (Å²) in [5.41, 5.74) is 5.54. The topological polar surface area (TPSA) is 105 Å². The molecule has 0 aliphatic heterocycles. The van der Waals surface area contributed by atoms with Crippen LogP contribution in [0, 0.1) is 5.82 Å². The molecule has 5 aromatic rings. The van der Waals surface area contributed by atoms with Gasteiger partial charge in [-0.2, -0.15) is 0 Å². The number of aromatic amines is 1. The van der Waals surface area contributed by atoms with E-state index in [-0.39, 0.29) is 12.3 Å². The van der Waals surface area contributed by atoms with Crippen LogP contribution in [0.5, 0.6) is 11.5 Å². The summed E-state index contributed by atoms with van der Waals surface area (Å²) in [6, 6.07) is 15.7. The number of nitrogens with zero attached hydrogens (tertiary/aromatic N) is 3. The van der Waals surface area contributed by atoms with Gasteiger partial charge in [-0.1, -0.05) is 6.92 Å². The van der Waals surface area contributed by atoms with E-state index in [9.17, 15) is 4.39 Å². The molecule has 0 amide bonds. The molecule has 3 heterocycles. The molecular formula is C24H22FN5O3. The van der Waals surface area contributed by atoms with Crippen molar-refractivity contribution in [1.29, 1.82) is 0 Å². The molecule has 0 spiro atoms. The van der Waals surface area contributed by atoms with Crippen LogP contribution in [0.25, 0.3) is 22.1 Å². The number of carboxylic acid groups (broad SMARTS) is 1. The highest BCUT2D eigenvalue weighted by Crippen LogP contribution is 2.30. The van der Waals surface area contributed by atoms with Crippen molar-refractivity contribution >= 4 is 40.2 Å². The lowest BCUT2D eigenvalue weighted by Crippen LogP contribution is -1.99. The van der Waals surface area contributed by atoms with E-state index in [1.807, 2.05) is 48.1 Å². The van der Waals surface area contributed by atoms with E-state index < -0.39 is 0 Å². The molecule has 9 heteroatoms. The Morgan fingerprint density at radius 3 is 2.58 bits per heavy atom. The lowest BCUT2D eigenvalue weighted by atomic mass is 10.2. The number of aromatic nitrogens is 4. The molecule has 0 fully saturated rings. The third-order valence-electron chi connectivity index (χ3n) is 5.09. The van der Waals surface area contributed by atoms with E-state index in [1.54, 1.807) is 12.1 Å². The van der Waals surface area contributed by atoms with Gasteiger partial charge >= 0.3 is 0 Å². The lowest BCUT2D eigenvalue weighted by Gasteiger charge is -2.07. The minimum Gasteiger partial charge on any atom is -0.483 e. The Hall–Kier alpha value is -4.40. The van der Waals surface area contributed by atoms with E-state index in [2.05, 4.69) is 17.2 Å². The second-order valence-corrected chi connectivity index (χ2v) is 7.19. The number of imidazole rings is 1. The fourth-order valence-electron chi connectivity index (χ4n) is 3.44. The molecular weight excluding hydrogens is 425 g/mol. The number of anilines is 2. The number of aryl methyl sites for hydroxylation is 2. The summed E-state index contributed by atoms with van der Waals surface area (Å²) < 4.78 is 20.9. The summed E-state index contributed by atoms with van der Waals surface area (Å²) in [6.07, 6.45) is 2.78. The van der Waals surface area contributed by atoms with Crippen molar-refractivity contribution in [1.82, 2.24) is 19.5 Å². The van der Waals surface area contributed by atoms with E-state index >= 15 is 0 Å². The predicted octanol–water partition coefficient (Wildman–Crippen LogP) is 5.39. The number of rotatable bonds is 5. The second-order valence-electron chi connectivity index (χ2n) is 7.19. The molecule has 33 heavy (non-hydrogen) atoms. The molecule has 2 aromatic carbocycles. The highest BCUT2D eigenvalue weighted by atomic mass is 19.1. The number of hydrogen-bond acceptors (Lipinski definition) is 5. The van der Waals surface area contributed by atoms with E-state index in [0.717, 1.165) is 39.9 Å². The quantitative estimate of drug-likeness (QED) is 0.312. The number of pyridine rings is 1. The van der Waals surface area contributed by atoms with Gasteiger partial charge in [-0.05, 0) is 55.0 Å². The second kappa shape index (κ2) is 9.39. The first kappa shape index (κ1) is 21.8. The number of fused-ring (bicyclic) bond motifs is 2. The molecule has 0 radical (unpaired) electrons. The first-order chi connectivity index (χ1) is 16.0. The maximum absolute atomic E-state index is 13.1. The van der Waals surface area contributed by atoms with Crippen molar-refractivity contribution in [2.24, 2.45) is 7.05 Å². The molecule has 8 nitrogen and oxygen atoms in total. The molecule has 0 aliphatic carbocycles. The standard InChI is InChI=1S/C23H20FN5O.CH2O2/c1-3-15-6-10-19-22(26-15)20(13-25-19)28-23-27-18-11-9-17(12-21(18)29(23)2)30-16-7-4-14(24)5-8-16;2-1-3/h4-13,25H,3H2,1-2H3,(H,27,28);1H,(H,2,3). The van der Waals surface area contributed by atoms with E-state index in [4.69, 9.17) is 24.6 Å². The number of benzene rings is 2. The van der Waals surface area contributed by atoms with Crippen LogP contribution >= 0.6 is 0 Å². The van der Waals surface area contributed by atoms with Crippen molar-refractivity contribution < 1.29 is 19.0 Å². The first-order valence-corrected chi connectivity index (χ1v) is 10.2. The predicted molar refractivity (Wildman–Crippen MR) is 125 cm³/mol. The third kappa shape index (κ3) is 4.62.